The Kier molecular flexibility index (Phi) is 10.0. The molecule has 5 rings (SSSR count). The number of carbonyl (C=O) groups is 4. The summed E-state index contributed by atoms with van der Waals surface area (Å²) in [6.45, 7) is 9.86. The molecule has 2 atom stereocenters. The van der Waals surface area contributed by atoms with E-state index in [1.54, 1.807) is 9.80 Å². The van der Waals surface area contributed by atoms with Gasteiger partial charge in [-0.3, -0.25) is 9.59 Å². The normalized spacial score (nSPS) is 19.0. The number of fused-ring (bicyclic) bond motifs is 1. The van der Waals surface area contributed by atoms with Gasteiger partial charge in [0.25, 0.3) is 5.91 Å². The van der Waals surface area contributed by atoms with Crippen LogP contribution in [0.5, 0.6) is 0 Å². The van der Waals surface area contributed by atoms with E-state index in [9.17, 15) is 19.2 Å². The molecule has 4 amide bonds. The Morgan fingerprint density at radius 1 is 1.02 bits per heavy atom. The molecule has 9 nitrogen and oxygen atoms in total. The number of hydrogen-bond acceptors (Lipinski definition) is 6. The number of carbonyl (C=O) groups excluding carboxylic acids is 4. The van der Waals surface area contributed by atoms with Gasteiger partial charge in [0.15, 0.2) is 0 Å². The van der Waals surface area contributed by atoms with Crippen LogP contribution in [0.3, 0.4) is 0 Å². The number of rotatable bonds is 6. The topological polar surface area (TPSA) is 96.5 Å². The molecule has 3 aliphatic rings. The van der Waals surface area contributed by atoms with E-state index in [0.29, 0.717) is 39.0 Å². The van der Waals surface area contributed by atoms with Crippen molar-refractivity contribution < 1.29 is 28.7 Å². The molecule has 0 aromatic heterocycles. The van der Waals surface area contributed by atoms with E-state index >= 15 is 0 Å². The summed E-state index contributed by atoms with van der Waals surface area (Å²) < 4.78 is 10.5. The molecule has 0 aliphatic carbocycles. The minimum absolute atomic E-state index is 0.00137. The fourth-order valence-corrected chi connectivity index (χ4v) is 5.34. The number of cyclic esters (lactones) is 1. The maximum Gasteiger partial charge on any atom is 0.416 e. The third kappa shape index (κ3) is 7.99. The van der Waals surface area contributed by atoms with Gasteiger partial charge in [0.05, 0.1) is 6.54 Å². The predicted molar refractivity (Wildman–Crippen MR) is 159 cm³/mol. The van der Waals surface area contributed by atoms with Crippen LogP contribution >= 0.6 is 0 Å². The second-order valence-corrected chi connectivity index (χ2v) is 11.9. The van der Waals surface area contributed by atoms with Crippen molar-refractivity contribution in [2.24, 2.45) is 11.8 Å². The molecule has 2 saturated heterocycles. The van der Waals surface area contributed by atoms with Crippen molar-refractivity contribution in [2.75, 3.05) is 32.8 Å². The molecule has 0 saturated carbocycles. The first kappa shape index (κ1) is 30.8. The van der Waals surface area contributed by atoms with Gasteiger partial charge in [0, 0.05) is 37.7 Å². The highest BCUT2D eigenvalue weighted by Gasteiger charge is 2.41. The van der Waals surface area contributed by atoms with Gasteiger partial charge >= 0.3 is 12.2 Å². The summed E-state index contributed by atoms with van der Waals surface area (Å²) in [5, 5.41) is 0. The van der Waals surface area contributed by atoms with E-state index in [0.717, 1.165) is 16.0 Å². The second-order valence-electron chi connectivity index (χ2n) is 11.9. The number of aryl methyl sites for hydroxylation is 1. The van der Waals surface area contributed by atoms with Gasteiger partial charge in [-0.25, -0.2) is 14.5 Å². The van der Waals surface area contributed by atoms with Gasteiger partial charge in [0.1, 0.15) is 12.2 Å². The van der Waals surface area contributed by atoms with Crippen molar-refractivity contribution in [1.82, 2.24) is 14.7 Å². The first-order valence-corrected chi connectivity index (χ1v) is 14.5. The fraction of sp³-hybridized carbons (Fsp3) is 0.455. The number of benzene rings is 2. The lowest BCUT2D eigenvalue weighted by molar-refractivity contribution is -0.133. The largest absolute Gasteiger partial charge is 0.447 e. The molecule has 42 heavy (non-hydrogen) atoms. The smallest absolute Gasteiger partial charge is 0.416 e. The van der Waals surface area contributed by atoms with E-state index < -0.39 is 23.7 Å². The van der Waals surface area contributed by atoms with Crippen LogP contribution in [0.1, 0.15) is 55.1 Å². The minimum atomic E-state index is -0.619. The van der Waals surface area contributed by atoms with Gasteiger partial charge in [-0.05, 0) is 58.1 Å². The highest BCUT2D eigenvalue weighted by Crippen LogP contribution is 2.31. The van der Waals surface area contributed by atoms with Crippen LogP contribution in [0.4, 0.5) is 9.59 Å². The zero-order valence-electron chi connectivity index (χ0n) is 25.0. The highest BCUT2D eigenvalue weighted by atomic mass is 16.6. The number of nitrogens with zero attached hydrogens (tertiary/aromatic N) is 3. The third-order valence-corrected chi connectivity index (χ3v) is 7.51. The van der Waals surface area contributed by atoms with E-state index in [4.69, 9.17) is 9.47 Å². The molecule has 0 bridgehead atoms. The molecule has 2 unspecified atom stereocenters. The Bertz CT molecular complexity index is 1300. The van der Waals surface area contributed by atoms with Crippen LogP contribution < -0.4 is 0 Å². The van der Waals surface area contributed by atoms with E-state index in [-0.39, 0.29) is 30.9 Å². The summed E-state index contributed by atoms with van der Waals surface area (Å²) in [7, 11) is 0. The quantitative estimate of drug-likeness (QED) is 0.426. The Morgan fingerprint density at radius 3 is 2.36 bits per heavy atom. The Morgan fingerprint density at radius 2 is 1.74 bits per heavy atom. The lowest BCUT2D eigenvalue weighted by Gasteiger charge is -2.26. The van der Waals surface area contributed by atoms with Gasteiger partial charge < -0.3 is 19.3 Å². The number of imide groups is 1. The molecule has 224 valence electrons. The first-order valence-electron chi connectivity index (χ1n) is 14.5. The van der Waals surface area contributed by atoms with Crippen molar-refractivity contribution in [1.29, 1.82) is 0 Å². The monoisotopic (exact) mass is 575 g/mol. The minimum Gasteiger partial charge on any atom is -0.447 e. The second kappa shape index (κ2) is 13.7. The van der Waals surface area contributed by atoms with Gasteiger partial charge in [-0.15, -0.1) is 0 Å². The average molecular weight is 576 g/mol. The van der Waals surface area contributed by atoms with E-state index in [1.807, 2.05) is 75.4 Å². The summed E-state index contributed by atoms with van der Waals surface area (Å²) in [4.78, 5) is 55.0. The maximum atomic E-state index is 13.3. The predicted octanol–water partition coefficient (Wildman–Crippen LogP) is 5.44. The SMILES string of the molecule is CC(C)(C)OC(=O)N1CCC(C(C/C=C/CN2Cc3ccccc3C2=O)C(=O)N2CCOC2=O)C1.Cc1ccccc1. The summed E-state index contributed by atoms with van der Waals surface area (Å²) in [6.07, 6.45) is 3.83. The zero-order valence-corrected chi connectivity index (χ0v) is 25.0. The van der Waals surface area contributed by atoms with Crippen LogP contribution in [0.25, 0.3) is 0 Å². The zero-order chi connectivity index (χ0) is 30.3. The van der Waals surface area contributed by atoms with Crippen molar-refractivity contribution >= 4 is 24.0 Å². The molecule has 0 spiro atoms. The fourth-order valence-electron chi connectivity index (χ4n) is 5.34. The van der Waals surface area contributed by atoms with Gasteiger partial charge in [-0.1, -0.05) is 66.2 Å². The molecule has 3 aliphatic heterocycles. The van der Waals surface area contributed by atoms with Gasteiger partial charge in [-0.2, -0.15) is 0 Å². The first-order chi connectivity index (χ1) is 20.0. The molecule has 0 radical (unpaired) electrons. The van der Waals surface area contributed by atoms with Crippen LogP contribution in [0, 0.1) is 18.8 Å². The standard InChI is InChI=1S/C26H33N3O6.C7H8/c1-26(2,3)35-24(32)28-13-11-19(17-28)21(23(31)29-14-15-34-25(29)33)10-6-7-12-27-16-18-8-4-5-9-20(18)22(27)30;1-7-5-3-2-4-6-7/h4-9,19,21H,10-17H2,1-3H3;2-6H,1H3/b7-6+;. The number of ether oxygens (including phenoxy) is 2. The van der Waals surface area contributed by atoms with Crippen molar-refractivity contribution in [3.05, 3.63) is 83.4 Å². The summed E-state index contributed by atoms with van der Waals surface area (Å²) in [5.74, 6) is -0.860. The average Bonchev–Trinajstić information content (AvgIpc) is 3.68. The number of amides is 4. The summed E-state index contributed by atoms with van der Waals surface area (Å²) >= 11 is 0. The lowest BCUT2D eigenvalue weighted by atomic mass is 9.87. The molecule has 3 heterocycles. The Labute approximate surface area is 248 Å². The molecular formula is C33H41N3O6. The highest BCUT2D eigenvalue weighted by molar-refractivity contribution is 5.98. The molecule has 2 aromatic rings. The third-order valence-electron chi connectivity index (χ3n) is 7.51. The molecule has 2 aromatic carbocycles. The Balaban J connectivity index is 0.000000507. The number of allylic oxidation sites excluding steroid dienone is 1. The van der Waals surface area contributed by atoms with Crippen molar-refractivity contribution in [3.63, 3.8) is 0 Å². The van der Waals surface area contributed by atoms with Gasteiger partial charge in [0.2, 0.25) is 5.91 Å². The van der Waals surface area contributed by atoms with Crippen LogP contribution in [0.2, 0.25) is 0 Å². The molecule has 2 fully saturated rings. The van der Waals surface area contributed by atoms with E-state index in [1.165, 1.54) is 5.56 Å². The maximum absolute atomic E-state index is 13.3. The lowest BCUT2D eigenvalue weighted by Crippen LogP contribution is -2.41. The molecule has 0 N–H and O–H groups in total. The van der Waals surface area contributed by atoms with E-state index in [2.05, 4.69) is 19.1 Å². The van der Waals surface area contributed by atoms with Crippen LogP contribution in [0.15, 0.2) is 66.7 Å². The summed E-state index contributed by atoms with van der Waals surface area (Å²) in [5.41, 5.74) is 2.47. The summed E-state index contributed by atoms with van der Waals surface area (Å²) in [6, 6.07) is 17.8. The molecular weight excluding hydrogens is 534 g/mol. The van der Waals surface area contributed by atoms with Crippen LogP contribution in [-0.4, -0.2) is 77.1 Å². The Hall–Kier alpha value is -4.14. The van der Waals surface area contributed by atoms with Crippen molar-refractivity contribution in [2.45, 2.75) is 52.7 Å². The molecule has 9 heteroatoms. The number of hydrogen-bond donors (Lipinski definition) is 0. The van der Waals surface area contributed by atoms with Crippen molar-refractivity contribution in [3.8, 4) is 0 Å². The number of likely N-dealkylation sites (tertiary alicyclic amines) is 1. The van der Waals surface area contributed by atoms with Crippen LogP contribution in [-0.2, 0) is 20.8 Å².